The largest absolute Gasteiger partial charge is 0.416 e. The van der Waals surface area contributed by atoms with Crippen molar-refractivity contribution in [3.63, 3.8) is 0 Å². The molecule has 0 aliphatic rings. The molecule has 0 saturated heterocycles. The van der Waals surface area contributed by atoms with Crippen molar-refractivity contribution in [3.05, 3.63) is 34.9 Å². The molecule has 0 spiro atoms. The third kappa shape index (κ3) is 2.54. The summed E-state index contributed by atoms with van der Waals surface area (Å²) < 4.78 is 37.0. The van der Waals surface area contributed by atoms with Gasteiger partial charge in [0.25, 0.3) is 0 Å². The monoisotopic (exact) mass is 218 g/mol. The van der Waals surface area contributed by atoms with E-state index in [2.05, 4.69) is 12.2 Å². The smallest absolute Gasteiger partial charge is 0.166 e. The van der Waals surface area contributed by atoms with Gasteiger partial charge in [-0.1, -0.05) is 24.4 Å². The highest BCUT2D eigenvalue weighted by Crippen LogP contribution is 2.31. The zero-order chi connectivity index (χ0) is 10.8. The third-order valence-corrected chi connectivity index (χ3v) is 2.08. The van der Waals surface area contributed by atoms with Gasteiger partial charge in [0.1, 0.15) is 0 Å². The quantitative estimate of drug-likeness (QED) is 0.684. The lowest BCUT2D eigenvalue weighted by Gasteiger charge is -2.10. The van der Waals surface area contributed by atoms with E-state index < -0.39 is 11.7 Å². The molecule has 0 nitrogen and oxygen atoms in total. The molecule has 0 radical (unpaired) electrons. The molecule has 0 aromatic heterocycles. The molecule has 0 saturated carbocycles. The topological polar surface area (TPSA) is 0 Å². The van der Waals surface area contributed by atoms with Crippen LogP contribution in [0.2, 0.25) is 0 Å². The Labute approximate surface area is 85.7 Å². The Kier molecular flexibility index (Phi) is 3.26. The van der Waals surface area contributed by atoms with Crippen LogP contribution >= 0.6 is 12.2 Å². The van der Waals surface area contributed by atoms with E-state index in [0.717, 1.165) is 11.6 Å². The van der Waals surface area contributed by atoms with Crippen molar-refractivity contribution in [1.82, 2.24) is 0 Å². The molecule has 0 heterocycles. The number of hydrogen-bond acceptors (Lipinski definition) is 1. The second-order valence-electron chi connectivity index (χ2n) is 3.02. The van der Waals surface area contributed by atoms with Crippen molar-refractivity contribution in [2.45, 2.75) is 19.5 Å². The third-order valence-electron chi connectivity index (χ3n) is 1.92. The molecular weight excluding hydrogens is 209 g/mol. The minimum atomic E-state index is -4.26. The van der Waals surface area contributed by atoms with E-state index in [-0.39, 0.29) is 5.56 Å². The van der Waals surface area contributed by atoms with Crippen LogP contribution in [0.3, 0.4) is 0 Å². The van der Waals surface area contributed by atoms with E-state index >= 15 is 0 Å². The summed E-state index contributed by atoms with van der Waals surface area (Å²) in [6, 6.07) is 4.08. The van der Waals surface area contributed by atoms with Gasteiger partial charge in [0.15, 0.2) is 0 Å². The Bertz CT molecular complexity index is 342. The van der Waals surface area contributed by atoms with Gasteiger partial charge in [-0.25, -0.2) is 0 Å². The molecule has 14 heavy (non-hydrogen) atoms. The molecule has 1 aromatic carbocycles. The van der Waals surface area contributed by atoms with Gasteiger partial charge in [-0.3, -0.25) is 0 Å². The van der Waals surface area contributed by atoms with E-state index in [9.17, 15) is 13.2 Å². The van der Waals surface area contributed by atoms with Crippen LogP contribution in [0.5, 0.6) is 0 Å². The number of rotatable bonds is 2. The summed E-state index contributed by atoms with van der Waals surface area (Å²) >= 11 is 4.64. The van der Waals surface area contributed by atoms with Crippen LogP contribution in [0.1, 0.15) is 16.7 Å². The minimum Gasteiger partial charge on any atom is -0.166 e. The number of hydrogen-bond donors (Lipinski definition) is 0. The highest BCUT2D eigenvalue weighted by atomic mass is 32.1. The Balaban J connectivity index is 3.07. The minimum absolute atomic E-state index is 0.242. The molecule has 76 valence electrons. The predicted octanol–water partition coefficient (Wildman–Crippen LogP) is 3.56. The molecule has 4 heteroatoms. The molecule has 0 unspecified atom stereocenters. The van der Waals surface area contributed by atoms with Crippen LogP contribution in [0.15, 0.2) is 18.2 Å². The first-order chi connectivity index (χ1) is 6.45. The number of halogens is 3. The van der Waals surface area contributed by atoms with Gasteiger partial charge in [-0.15, -0.1) is 0 Å². The van der Waals surface area contributed by atoms with Crippen LogP contribution in [0.25, 0.3) is 0 Å². The number of aryl methyl sites for hydroxylation is 1. The fourth-order valence-corrected chi connectivity index (χ4v) is 1.46. The SMILES string of the molecule is Cc1cc(CC=S)ccc1C(F)(F)F. The van der Waals surface area contributed by atoms with Gasteiger partial charge in [0.2, 0.25) is 0 Å². The number of thiocarbonyl (C=S) groups is 1. The second kappa shape index (κ2) is 4.09. The maximum Gasteiger partial charge on any atom is 0.416 e. The molecule has 0 atom stereocenters. The van der Waals surface area contributed by atoms with Crippen molar-refractivity contribution >= 4 is 17.6 Å². The zero-order valence-corrected chi connectivity index (χ0v) is 8.38. The molecule has 0 bridgehead atoms. The summed E-state index contributed by atoms with van der Waals surface area (Å²) in [7, 11) is 0. The average molecular weight is 218 g/mol. The van der Waals surface area contributed by atoms with E-state index in [0.29, 0.717) is 6.42 Å². The standard InChI is InChI=1S/C10H9F3S/c1-7-6-8(4-5-14)2-3-9(7)10(11,12)13/h2-3,5-6H,4H2,1H3. The van der Waals surface area contributed by atoms with Gasteiger partial charge in [-0.2, -0.15) is 13.2 Å². The second-order valence-corrected chi connectivity index (χ2v) is 3.35. The summed E-state index contributed by atoms with van der Waals surface area (Å²) in [5.41, 5.74) is 0.475. The maximum absolute atomic E-state index is 12.3. The van der Waals surface area contributed by atoms with E-state index in [4.69, 9.17) is 0 Å². The fraction of sp³-hybridized carbons (Fsp3) is 0.300. The Morgan fingerprint density at radius 3 is 2.43 bits per heavy atom. The fourth-order valence-electron chi connectivity index (χ4n) is 1.27. The summed E-state index contributed by atoms with van der Waals surface area (Å²) in [4.78, 5) is 0. The molecule has 1 rings (SSSR count). The van der Waals surface area contributed by atoms with Gasteiger partial charge in [0, 0.05) is 6.42 Å². The van der Waals surface area contributed by atoms with Crippen LogP contribution < -0.4 is 0 Å². The average Bonchev–Trinajstić information content (AvgIpc) is 2.02. The van der Waals surface area contributed by atoms with Crippen molar-refractivity contribution in [2.75, 3.05) is 0 Å². The van der Waals surface area contributed by atoms with Gasteiger partial charge in [0.05, 0.1) is 5.56 Å². The summed E-state index contributed by atoms with van der Waals surface area (Å²) in [5.74, 6) is 0. The predicted molar refractivity (Wildman–Crippen MR) is 53.5 cm³/mol. The first kappa shape index (κ1) is 11.2. The van der Waals surface area contributed by atoms with Crippen LogP contribution in [0.4, 0.5) is 13.2 Å². The molecule has 0 aliphatic heterocycles. The van der Waals surface area contributed by atoms with Crippen LogP contribution in [-0.4, -0.2) is 5.37 Å². The summed E-state index contributed by atoms with van der Waals surface area (Å²) in [6.45, 7) is 1.45. The van der Waals surface area contributed by atoms with Gasteiger partial charge in [-0.05, 0) is 29.5 Å². The lowest BCUT2D eigenvalue weighted by atomic mass is 10.0. The highest BCUT2D eigenvalue weighted by molar-refractivity contribution is 7.78. The zero-order valence-electron chi connectivity index (χ0n) is 7.56. The van der Waals surface area contributed by atoms with Gasteiger partial charge < -0.3 is 0 Å². The van der Waals surface area contributed by atoms with Gasteiger partial charge >= 0.3 is 6.18 Å². The molecule has 0 N–H and O–H groups in total. The van der Waals surface area contributed by atoms with E-state index in [1.54, 1.807) is 0 Å². The molecule has 1 aromatic rings. The first-order valence-corrected chi connectivity index (χ1v) is 4.52. The molecule has 0 amide bonds. The maximum atomic E-state index is 12.3. The number of alkyl halides is 3. The van der Waals surface area contributed by atoms with Crippen LogP contribution in [-0.2, 0) is 12.6 Å². The van der Waals surface area contributed by atoms with Crippen molar-refractivity contribution < 1.29 is 13.2 Å². The van der Waals surface area contributed by atoms with Crippen molar-refractivity contribution in [2.24, 2.45) is 0 Å². The summed E-state index contributed by atoms with van der Waals surface area (Å²) in [5, 5.41) is 1.50. The summed E-state index contributed by atoms with van der Waals surface area (Å²) in [6.07, 6.45) is -3.74. The first-order valence-electron chi connectivity index (χ1n) is 4.05. The van der Waals surface area contributed by atoms with Crippen molar-refractivity contribution in [1.29, 1.82) is 0 Å². The Morgan fingerprint density at radius 1 is 1.36 bits per heavy atom. The normalized spacial score (nSPS) is 11.4. The van der Waals surface area contributed by atoms with E-state index in [1.807, 2.05) is 0 Å². The van der Waals surface area contributed by atoms with E-state index in [1.165, 1.54) is 24.4 Å². The van der Waals surface area contributed by atoms with Crippen LogP contribution in [0, 0.1) is 6.92 Å². The lowest BCUT2D eigenvalue weighted by Crippen LogP contribution is -2.07. The molecule has 0 aliphatic carbocycles. The molecule has 0 fully saturated rings. The Hall–Kier alpha value is -0.900. The lowest BCUT2D eigenvalue weighted by molar-refractivity contribution is -0.138. The number of benzene rings is 1. The van der Waals surface area contributed by atoms with Crippen molar-refractivity contribution in [3.8, 4) is 0 Å². The molecular formula is C10H9F3S. The Morgan fingerprint density at radius 2 is 2.00 bits per heavy atom. The highest BCUT2D eigenvalue weighted by Gasteiger charge is 2.31.